The minimum atomic E-state index is -2.19. The second-order valence-electron chi connectivity index (χ2n) is 3.70. The van der Waals surface area contributed by atoms with E-state index in [1.54, 1.807) is 0 Å². The first-order valence-electron chi connectivity index (χ1n) is 5.33. The minimum Gasteiger partial charge on any atom is -0.462 e. The van der Waals surface area contributed by atoms with Crippen molar-refractivity contribution in [2.75, 3.05) is 6.61 Å². The maximum absolute atomic E-state index is 13.6. The van der Waals surface area contributed by atoms with Gasteiger partial charge in [0.1, 0.15) is 5.83 Å². The van der Waals surface area contributed by atoms with Crippen molar-refractivity contribution < 1.29 is 18.7 Å². The van der Waals surface area contributed by atoms with E-state index in [4.69, 9.17) is 69.6 Å². The number of rotatable bonds is 5. The Morgan fingerprint density at radius 3 is 2.14 bits per heavy atom. The molecule has 0 fully saturated rings. The summed E-state index contributed by atoms with van der Waals surface area (Å²) in [7, 11) is 0. The van der Waals surface area contributed by atoms with Crippen LogP contribution in [0.2, 0.25) is 0 Å². The highest BCUT2D eigenvalue weighted by Gasteiger charge is 2.33. The van der Waals surface area contributed by atoms with Crippen molar-refractivity contribution in [3.8, 4) is 0 Å². The Morgan fingerprint density at radius 1 is 1.19 bits per heavy atom. The monoisotopic (exact) mass is 421 g/mol. The first-order valence-corrected chi connectivity index (χ1v) is 7.59. The van der Waals surface area contributed by atoms with Crippen LogP contribution in [-0.2, 0) is 14.3 Å². The van der Waals surface area contributed by atoms with E-state index in [2.05, 4.69) is 10.1 Å². The van der Waals surface area contributed by atoms with Gasteiger partial charge in [0.25, 0.3) is 13.5 Å². The maximum Gasteiger partial charge on any atom is 0.358 e. The molecule has 1 N–H and O–H groups in total. The largest absolute Gasteiger partial charge is 0.462 e. The van der Waals surface area contributed by atoms with Gasteiger partial charge in [-0.2, -0.15) is 0 Å². The van der Waals surface area contributed by atoms with E-state index in [0.29, 0.717) is 0 Å². The zero-order chi connectivity index (χ0) is 16.8. The number of esters is 1. The third kappa shape index (κ3) is 9.16. The molecule has 0 spiro atoms. The molecular formula is C10H10Cl6FNO3. The van der Waals surface area contributed by atoms with Crippen LogP contribution < -0.4 is 5.32 Å². The van der Waals surface area contributed by atoms with Gasteiger partial charge in [0.15, 0.2) is 0 Å². The quantitative estimate of drug-likeness (QED) is 0.413. The number of amides is 1. The number of carbonyl (C=O) groups is 2. The van der Waals surface area contributed by atoms with Gasteiger partial charge in [0.05, 0.1) is 12.6 Å². The van der Waals surface area contributed by atoms with Crippen LogP contribution in [0.25, 0.3) is 0 Å². The van der Waals surface area contributed by atoms with Gasteiger partial charge in [-0.05, 0) is 13.0 Å². The second kappa shape index (κ2) is 8.85. The van der Waals surface area contributed by atoms with Gasteiger partial charge in [-0.1, -0.05) is 69.6 Å². The van der Waals surface area contributed by atoms with Crippen LogP contribution in [0.5, 0.6) is 0 Å². The Labute approximate surface area is 150 Å². The van der Waals surface area contributed by atoms with Crippen LogP contribution in [0.3, 0.4) is 0 Å². The fourth-order valence-electron chi connectivity index (χ4n) is 0.954. The summed E-state index contributed by atoms with van der Waals surface area (Å²) in [5.41, 5.74) is 0. The fourth-order valence-corrected chi connectivity index (χ4v) is 1.28. The third-order valence-corrected chi connectivity index (χ3v) is 2.92. The Morgan fingerprint density at radius 2 is 1.71 bits per heavy atom. The molecule has 0 aliphatic rings. The molecule has 0 rings (SSSR count). The first kappa shape index (κ1) is 21.4. The van der Waals surface area contributed by atoms with Crippen molar-refractivity contribution in [3.63, 3.8) is 0 Å². The lowest BCUT2D eigenvalue weighted by Gasteiger charge is -2.16. The van der Waals surface area contributed by atoms with Gasteiger partial charge in [0, 0.05) is 6.42 Å². The molecule has 0 bridgehead atoms. The molecule has 0 aliphatic heterocycles. The predicted molar refractivity (Wildman–Crippen MR) is 83.0 cm³/mol. The number of ether oxygens (including phenoxy) is 1. The summed E-state index contributed by atoms with van der Waals surface area (Å²) in [4.78, 5) is 22.4. The van der Waals surface area contributed by atoms with Gasteiger partial charge in [-0.15, -0.1) is 0 Å². The summed E-state index contributed by atoms with van der Waals surface area (Å²) >= 11 is 31.7. The summed E-state index contributed by atoms with van der Waals surface area (Å²) in [6.45, 7) is 1.14. The standard InChI is InChI=1S/C10H10Cl6FNO3/c1-5(18-7(19)9(11,12)13)6(17)3-2-4-21-8(20)10(14,15)16/h3,5H,2,4H2,1H3,(H,18,19). The molecule has 4 nitrogen and oxygen atoms in total. The third-order valence-electron chi connectivity index (χ3n) is 1.94. The number of hydrogen-bond donors (Lipinski definition) is 1. The van der Waals surface area contributed by atoms with Crippen molar-refractivity contribution in [2.45, 2.75) is 27.0 Å². The lowest BCUT2D eigenvalue weighted by atomic mass is 10.2. The smallest absolute Gasteiger partial charge is 0.358 e. The summed E-state index contributed by atoms with van der Waals surface area (Å²) in [6.07, 6.45) is 1.08. The molecule has 0 aromatic heterocycles. The van der Waals surface area contributed by atoms with E-state index in [0.717, 1.165) is 6.08 Å². The summed E-state index contributed by atoms with van der Waals surface area (Å²) in [5.74, 6) is -2.74. The lowest BCUT2D eigenvalue weighted by molar-refractivity contribution is -0.142. The molecule has 0 aromatic carbocycles. The van der Waals surface area contributed by atoms with Gasteiger partial charge >= 0.3 is 5.97 Å². The molecule has 0 heterocycles. The summed E-state index contributed by atoms with van der Waals surface area (Å²) < 4.78 is 13.8. The topological polar surface area (TPSA) is 55.4 Å². The SMILES string of the molecule is CC(NC(=O)C(Cl)(Cl)Cl)C(F)=CCCOC(=O)C(Cl)(Cl)Cl. The molecule has 0 aliphatic carbocycles. The van der Waals surface area contributed by atoms with Crippen molar-refractivity contribution in [1.82, 2.24) is 5.32 Å². The number of nitrogens with one attached hydrogen (secondary N) is 1. The Balaban J connectivity index is 4.25. The van der Waals surface area contributed by atoms with Gasteiger partial charge in [-0.25, -0.2) is 9.18 Å². The second-order valence-corrected chi connectivity index (χ2v) is 8.27. The normalized spacial score (nSPS) is 14.6. The van der Waals surface area contributed by atoms with E-state index in [1.165, 1.54) is 6.92 Å². The molecule has 122 valence electrons. The maximum atomic E-state index is 13.6. The average Bonchev–Trinajstić information content (AvgIpc) is 2.31. The van der Waals surface area contributed by atoms with Crippen LogP contribution in [0, 0.1) is 0 Å². The molecule has 1 atom stereocenters. The van der Waals surface area contributed by atoms with Crippen LogP contribution in [0.1, 0.15) is 13.3 Å². The van der Waals surface area contributed by atoms with Crippen molar-refractivity contribution in [2.24, 2.45) is 0 Å². The zero-order valence-corrected chi connectivity index (χ0v) is 15.0. The zero-order valence-electron chi connectivity index (χ0n) is 10.4. The van der Waals surface area contributed by atoms with Gasteiger partial charge in [0.2, 0.25) is 0 Å². The summed E-state index contributed by atoms with van der Waals surface area (Å²) in [5, 5.41) is 2.14. The van der Waals surface area contributed by atoms with Crippen LogP contribution in [0.4, 0.5) is 4.39 Å². The number of hydrogen-bond acceptors (Lipinski definition) is 3. The van der Waals surface area contributed by atoms with Crippen molar-refractivity contribution in [1.29, 1.82) is 0 Å². The number of carbonyl (C=O) groups excluding carboxylic acids is 2. The Kier molecular flexibility index (Phi) is 8.99. The highest BCUT2D eigenvalue weighted by atomic mass is 35.6. The van der Waals surface area contributed by atoms with Crippen LogP contribution in [-0.4, -0.2) is 32.1 Å². The van der Waals surface area contributed by atoms with E-state index < -0.39 is 31.3 Å². The molecule has 11 heteroatoms. The molecule has 1 amide bonds. The fraction of sp³-hybridized carbons (Fsp3) is 0.600. The van der Waals surface area contributed by atoms with Crippen molar-refractivity contribution >= 4 is 81.5 Å². The molecular weight excluding hydrogens is 414 g/mol. The average molecular weight is 424 g/mol. The molecule has 1 unspecified atom stereocenters. The van der Waals surface area contributed by atoms with Gasteiger partial charge in [-0.3, -0.25) is 4.79 Å². The Hall–Kier alpha value is 0.350. The van der Waals surface area contributed by atoms with Gasteiger partial charge < -0.3 is 10.1 Å². The van der Waals surface area contributed by atoms with Crippen molar-refractivity contribution in [3.05, 3.63) is 11.9 Å². The van der Waals surface area contributed by atoms with E-state index in [1.807, 2.05) is 0 Å². The predicted octanol–water partition coefficient (Wildman–Crippen LogP) is 4.02. The highest BCUT2D eigenvalue weighted by Crippen LogP contribution is 2.27. The Bertz CT molecular complexity index is 418. The number of alkyl halides is 6. The molecule has 0 aromatic rings. The van der Waals surface area contributed by atoms with E-state index >= 15 is 0 Å². The molecule has 21 heavy (non-hydrogen) atoms. The summed E-state index contributed by atoms with van der Waals surface area (Å²) in [6, 6.07) is -1.02. The van der Waals surface area contributed by atoms with E-state index in [-0.39, 0.29) is 13.0 Å². The molecule has 0 saturated heterocycles. The highest BCUT2D eigenvalue weighted by molar-refractivity contribution is 6.76. The molecule has 0 saturated carbocycles. The molecule has 0 radical (unpaired) electrons. The first-order chi connectivity index (χ1) is 9.35. The number of halogens is 7. The minimum absolute atomic E-state index is 0.00625. The van der Waals surface area contributed by atoms with E-state index in [9.17, 15) is 14.0 Å². The van der Waals surface area contributed by atoms with Crippen LogP contribution in [0.15, 0.2) is 11.9 Å². The van der Waals surface area contributed by atoms with Crippen LogP contribution >= 0.6 is 69.6 Å². The lowest BCUT2D eigenvalue weighted by Crippen LogP contribution is -2.40.